The van der Waals surface area contributed by atoms with E-state index in [0.717, 1.165) is 0 Å². The van der Waals surface area contributed by atoms with Gasteiger partial charge in [0.2, 0.25) is 11.8 Å². The van der Waals surface area contributed by atoms with Crippen molar-refractivity contribution < 1.29 is 14.7 Å². The number of imide groups is 1. The van der Waals surface area contributed by atoms with Crippen LogP contribution in [0.5, 0.6) is 0 Å². The largest absolute Gasteiger partial charge is 0.393 e. The molecule has 0 bridgehead atoms. The van der Waals surface area contributed by atoms with E-state index in [1.165, 1.54) is 4.90 Å². The van der Waals surface area contributed by atoms with Gasteiger partial charge in [-0.15, -0.1) is 0 Å². The Bertz CT molecular complexity index is 258. The predicted octanol–water partition coefficient (Wildman–Crippen LogP) is 0.542. The maximum absolute atomic E-state index is 11.7. The van der Waals surface area contributed by atoms with E-state index in [1.54, 1.807) is 20.8 Å². The molecule has 4 heteroatoms. The summed E-state index contributed by atoms with van der Waals surface area (Å²) in [5, 5.41) is 9.07. The highest BCUT2D eigenvalue weighted by Crippen LogP contribution is 2.31. The zero-order valence-corrected chi connectivity index (χ0v) is 8.91. The fourth-order valence-corrected chi connectivity index (χ4v) is 1.57. The molecule has 1 aliphatic heterocycles. The summed E-state index contributed by atoms with van der Waals surface area (Å²) in [6.45, 7) is 5.53. The van der Waals surface area contributed by atoms with Crippen LogP contribution in [0.25, 0.3) is 0 Å². The van der Waals surface area contributed by atoms with E-state index in [4.69, 9.17) is 5.11 Å². The van der Waals surface area contributed by atoms with E-state index in [-0.39, 0.29) is 18.2 Å². The second-order valence-electron chi connectivity index (χ2n) is 4.55. The highest BCUT2D eigenvalue weighted by atomic mass is 16.3. The predicted molar refractivity (Wildman–Crippen MR) is 51.4 cm³/mol. The topological polar surface area (TPSA) is 57.6 Å². The third-order valence-electron chi connectivity index (χ3n) is 2.49. The lowest BCUT2D eigenvalue weighted by molar-refractivity contribution is -0.141. The molecule has 1 N–H and O–H groups in total. The maximum Gasteiger partial charge on any atom is 0.235 e. The number of carbonyl (C=O) groups excluding carboxylic acids is 2. The summed E-state index contributed by atoms with van der Waals surface area (Å²) in [6, 6.07) is 0. The van der Waals surface area contributed by atoms with Crippen LogP contribution in [0.15, 0.2) is 0 Å². The van der Waals surface area contributed by atoms with Crippen molar-refractivity contribution in [3.8, 4) is 0 Å². The van der Waals surface area contributed by atoms with Crippen molar-refractivity contribution in [1.29, 1.82) is 0 Å². The number of hydrogen-bond acceptors (Lipinski definition) is 3. The molecule has 0 aliphatic carbocycles. The molecule has 0 spiro atoms. The Morgan fingerprint density at radius 3 is 2.43 bits per heavy atom. The average molecular weight is 199 g/mol. The maximum atomic E-state index is 11.7. The van der Waals surface area contributed by atoms with Gasteiger partial charge in [-0.05, 0) is 13.3 Å². The summed E-state index contributed by atoms with van der Waals surface area (Å²) in [5.74, 6) is -0.246. The molecule has 4 nitrogen and oxygen atoms in total. The van der Waals surface area contributed by atoms with Gasteiger partial charge in [0.15, 0.2) is 0 Å². The molecule has 1 unspecified atom stereocenters. The van der Waals surface area contributed by atoms with E-state index in [2.05, 4.69) is 0 Å². The highest BCUT2D eigenvalue weighted by molar-refractivity contribution is 6.05. The molecule has 1 saturated heterocycles. The molecular formula is C10H17NO3. The van der Waals surface area contributed by atoms with Gasteiger partial charge in [0.25, 0.3) is 0 Å². The minimum Gasteiger partial charge on any atom is -0.393 e. The van der Waals surface area contributed by atoms with Crippen molar-refractivity contribution in [2.75, 3.05) is 6.54 Å². The van der Waals surface area contributed by atoms with Gasteiger partial charge in [-0.25, -0.2) is 0 Å². The molecule has 0 aromatic carbocycles. The van der Waals surface area contributed by atoms with Crippen LogP contribution in [-0.2, 0) is 9.59 Å². The highest BCUT2D eigenvalue weighted by Gasteiger charge is 2.44. The zero-order chi connectivity index (χ0) is 10.9. The standard InChI is InChI=1S/C10H17NO3/c1-7(12)4-5-11-8(13)6-10(2,3)9(11)14/h7,12H,4-6H2,1-3H3. The van der Waals surface area contributed by atoms with Gasteiger partial charge in [0.05, 0.1) is 11.5 Å². The monoisotopic (exact) mass is 199 g/mol. The van der Waals surface area contributed by atoms with E-state index in [1.807, 2.05) is 0 Å². The Morgan fingerprint density at radius 2 is 2.07 bits per heavy atom. The summed E-state index contributed by atoms with van der Waals surface area (Å²) >= 11 is 0. The summed E-state index contributed by atoms with van der Waals surface area (Å²) in [4.78, 5) is 24.4. The Hall–Kier alpha value is -0.900. The molecule has 1 aliphatic rings. The van der Waals surface area contributed by atoms with Gasteiger partial charge in [-0.2, -0.15) is 0 Å². The number of carbonyl (C=O) groups is 2. The van der Waals surface area contributed by atoms with E-state index >= 15 is 0 Å². The molecule has 0 aromatic rings. The summed E-state index contributed by atoms with van der Waals surface area (Å²) in [5.41, 5.74) is -0.560. The van der Waals surface area contributed by atoms with Crippen molar-refractivity contribution >= 4 is 11.8 Å². The molecular weight excluding hydrogens is 182 g/mol. The molecule has 1 fully saturated rings. The van der Waals surface area contributed by atoms with E-state index < -0.39 is 11.5 Å². The lowest BCUT2D eigenvalue weighted by Crippen LogP contribution is -2.34. The summed E-state index contributed by atoms with van der Waals surface area (Å²) in [7, 11) is 0. The normalized spacial score (nSPS) is 23.0. The lowest BCUT2D eigenvalue weighted by Gasteiger charge is -2.18. The third kappa shape index (κ3) is 2.12. The molecule has 14 heavy (non-hydrogen) atoms. The zero-order valence-electron chi connectivity index (χ0n) is 8.91. The third-order valence-corrected chi connectivity index (χ3v) is 2.49. The number of rotatable bonds is 3. The van der Waals surface area contributed by atoms with Crippen LogP contribution in [0.1, 0.15) is 33.6 Å². The number of amides is 2. The van der Waals surface area contributed by atoms with Gasteiger partial charge in [-0.1, -0.05) is 13.8 Å². The van der Waals surface area contributed by atoms with Crippen LogP contribution in [-0.4, -0.2) is 34.5 Å². The molecule has 80 valence electrons. The van der Waals surface area contributed by atoms with Gasteiger partial charge in [0.1, 0.15) is 0 Å². The van der Waals surface area contributed by atoms with Crippen LogP contribution >= 0.6 is 0 Å². The van der Waals surface area contributed by atoms with Gasteiger partial charge < -0.3 is 5.11 Å². The number of hydrogen-bond donors (Lipinski definition) is 1. The number of aliphatic hydroxyl groups excluding tert-OH is 1. The van der Waals surface area contributed by atoms with Gasteiger partial charge in [-0.3, -0.25) is 14.5 Å². The Balaban J connectivity index is 2.62. The smallest absolute Gasteiger partial charge is 0.235 e. The van der Waals surface area contributed by atoms with Crippen molar-refractivity contribution in [2.45, 2.75) is 39.7 Å². The van der Waals surface area contributed by atoms with Gasteiger partial charge in [0, 0.05) is 13.0 Å². The van der Waals surface area contributed by atoms with Crippen LogP contribution in [0.2, 0.25) is 0 Å². The molecule has 2 amide bonds. The number of nitrogens with zero attached hydrogens (tertiary/aromatic N) is 1. The Labute approximate surface area is 83.9 Å². The van der Waals surface area contributed by atoms with Crippen LogP contribution < -0.4 is 0 Å². The molecule has 0 aromatic heterocycles. The lowest BCUT2D eigenvalue weighted by atomic mass is 9.92. The molecule has 1 rings (SSSR count). The van der Waals surface area contributed by atoms with Crippen molar-refractivity contribution in [2.24, 2.45) is 5.41 Å². The van der Waals surface area contributed by atoms with Crippen LogP contribution in [0.4, 0.5) is 0 Å². The van der Waals surface area contributed by atoms with Crippen LogP contribution in [0.3, 0.4) is 0 Å². The van der Waals surface area contributed by atoms with E-state index in [9.17, 15) is 9.59 Å². The molecule has 1 atom stereocenters. The van der Waals surface area contributed by atoms with Crippen molar-refractivity contribution in [1.82, 2.24) is 4.90 Å². The first-order valence-corrected chi connectivity index (χ1v) is 4.87. The molecule has 0 saturated carbocycles. The first kappa shape index (κ1) is 11.2. The van der Waals surface area contributed by atoms with Crippen molar-refractivity contribution in [3.05, 3.63) is 0 Å². The van der Waals surface area contributed by atoms with Gasteiger partial charge >= 0.3 is 0 Å². The number of aliphatic hydroxyl groups is 1. The fourth-order valence-electron chi connectivity index (χ4n) is 1.57. The minimum atomic E-state index is -0.560. The minimum absolute atomic E-state index is 0.122. The second kappa shape index (κ2) is 3.69. The summed E-state index contributed by atoms with van der Waals surface area (Å²) < 4.78 is 0. The average Bonchev–Trinajstić information content (AvgIpc) is 2.19. The molecule has 1 heterocycles. The summed E-state index contributed by atoms with van der Waals surface area (Å²) in [6.07, 6.45) is 0.262. The first-order chi connectivity index (χ1) is 6.34. The van der Waals surface area contributed by atoms with Crippen molar-refractivity contribution in [3.63, 3.8) is 0 Å². The SMILES string of the molecule is CC(O)CCN1C(=O)CC(C)(C)C1=O. The van der Waals surface area contributed by atoms with E-state index in [0.29, 0.717) is 13.0 Å². The first-order valence-electron chi connectivity index (χ1n) is 4.87. The van der Waals surface area contributed by atoms with Crippen LogP contribution in [0, 0.1) is 5.41 Å². The Kier molecular flexibility index (Phi) is 2.95. The quantitative estimate of drug-likeness (QED) is 0.675. The second-order valence-corrected chi connectivity index (χ2v) is 4.55. The molecule has 0 radical (unpaired) electrons. The number of likely N-dealkylation sites (tertiary alicyclic amines) is 1. The fraction of sp³-hybridized carbons (Fsp3) is 0.800. The Morgan fingerprint density at radius 1 is 1.50 bits per heavy atom.